The van der Waals surface area contributed by atoms with Gasteiger partial charge in [-0.2, -0.15) is 0 Å². The van der Waals surface area contributed by atoms with Crippen molar-refractivity contribution in [3.63, 3.8) is 0 Å². The molecule has 9 nitrogen and oxygen atoms in total. The molecule has 3 unspecified atom stereocenters. The molecule has 0 radical (unpaired) electrons. The smallest absolute Gasteiger partial charge is 0.306 e. The molecule has 1 N–H and O–H groups in total. The number of amides is 1. The lowest BCUT2D eigenvalue weighted by atomic mass is 10.0. The fourth-order valence-corrected chi connectivity index (χ4v) is 11.3. The molecular weight excluding hydrogens is 1070 g/mol. The molecule has 3 atom stereocenters. The fraction of sp³-hybridized carbons (Fsp3) is 0.813. The number of carbonyl (C=O) groups excluding carboxylic acids is 2. The number of hydrogen-bond donors (Lipinski definition) is 1. The number of carbonyl (C=O) groups is 2. The molecule has 0 saturated carbocycles. The first-order chi connectivity index (χ1) is 41.4. The summed E-state index contributed by atoms with van der Waals surface area (Å²) in [6, 6.07) is -0.899. The second-order valence-electron chi connectivity index (χ2n) is 25.7. The van der Waals surface area contributed by atoms with Gasteiger partial charge in [0.15, 0.2) is 0 Å². The van der Waals surface area contributed by atoms with Crippen LogP contribution in [0.4, 0.5) is 0 Å². The molecule has 0 fully saturated rings. The summed E-state index contributed by atoms with van der Waals surface area (Å²) < 4.78 is 30.5. The number of hydrogen-bond acceptors (Lipinski definition) is 7. The van der Waals surface area contributed by atoms with E-state index in [1.54, 1.807) is 0 Å². The van der Waals surface area contributed by atoms with Gasteiger partial charge in [-0.25, -0.2) is 0 Å². The Kier molecular flexibility index (Phi) is 62.5. The highest BCUT2D eigenvalue weighted by molar-refractivity contribution is 7.45. The first-order valence-corrected chi connectivity index (χ1v) is 37.7. The maximum Gasteiger partial charge on any atom is 0.306 e. The Hall–Kier alpha value is -2.55. The van der Waals surface area contributed by atoms with Crippen molar-refractivity contribution >= 4 is 19.7 Å². The summed E-state index contributed by atoms with van der Waals surface area (Å²) in [5, 5.41) is 3.05. The minimum Gasteiger partial charge on any atom is -0.756 e. The van der Waals surface area contributed by atoms with Crippen molar-refractivity contribution < 1.29 is 37.3 Å². The third-order valence-electron chi connectivity index (χ3n) is 16.2. The second-order valence-corrected chi connectivity index (χ2v) is 27.1. The van der Waals surface area contributed by atoms with E-state index in [1.807, 2.05) is 33.3 Å². The number of phosphoric acid groups is 1. The highest BCUT2D eigenvalue weighted by atomic mass is 31.2. The zero-order valence-corrected chi connectivity index (χ0v) is 57.7. The van der Waals surface area contributed by atoms with Gasteiger partial charge in [-0.05, 0) is 76.7 Å². The maximum absolute atomic E-state index is 13.6. The molecule has 496 valence electrons. The second kappa shape index (κ2) is 64.4. The SMILES string of the molecule is CC/C=C\C/C=C\C/C=C\C/C=C\C/C=C\CCCCCCCC(=O)OC(/C=C/CCCCCCCCCCCCC)C(COP(=O)([O-])OCC[N+](C)(C)C)NC(=O)CCCCCCCCCCCCCCCCCCCCCCCCCCC. The lowest BCUT2D eigenvalue weighted by molar-refractivity contribution is -0.870. The molecule has 10 heteroatoms. The molecule has 0 aromatic rings. The lowest BCUT2D eigenvalue weighted by Crippen LogP contribution is -2.47. The van der Waals surface area contributed by atoms with Gasteiger partial charge in [0.2, 0.25) is 5.91 Å². The van der Waals surface area contributed by atoms with Gasteiger partial charge in [0.25, 0.3) is 7.82 Å². The number of nitrogens with zero attached hydrogens (tertiary/aromatic N) is 1. The molecule has 0 heterocycles. The Bertz CT molecular complexity index is 1680. The first kappa shape index (κ1) is 82.5. The van der Waals surface area contributed by atoms with Crippen molar-refractivity contribution in [3.8, 4) is 0 Å². The van der Waals surface area contributed by atoms with Crippen LogP contribution in [0.1, 0.15) is 342 Å². The molecule has 0 aliphatic rings. The number of ether oxygens (including phenoxy) is 1. The van der Waals surface area contributed by atoms with Crippen molar-refractivity contribution in [1.82, 2.24) is 5.32 Å². The summed E-state index contributed by atoms with van der Waals surface area (Å²) in [7, 11) is 1.18. The number of quaternary nitrogens is 1. The third kappa shape index (κ3) is 65.7. The molecule has 0 aliphatic carbocycles. The largest absolute Gasteiger partial charge is 0.756 e. The Balaban J connectivity index is 5.09. The minimum absolute atomic E-state index is 0.0262. The lowest BCUT2D eigenvalue weighted by Gasteiger charge is -2.30. The van der Waals surface area contributed by atoms with Crippen LogP contribution in [-0.4, -0.2) is 69.4 Å². The zero-order chi connectivity index (χ0) is 62.1. The molecule has 0 aromatic heterocycles. The van der Waals surface area contributed by atoms with Gasteiger partial charge in [-0.3, -0.25) is 14.2 Å². The summed E-state index contributed by atoms with van der Waals surface area (Å²) in [6.45, 7) is 6.77. The van der Waals surface area contributed by atoms with Gasteiger partial charge in [0, 0.05) is 12.8 Å². The normalized spacial score (nSPS) is 13.9. The highest BCUT2D eigenvalue weighted by Crippen LogP contribution is 2.38. The minimum atomic E-state index is -4.71. The van der Waals surface area contributed by atoms with Gasteiger partial charge in [-0.15, -0.1) is 0 Å². The Morgan fingerprint density at radius 1 is 0.424 bits per heavy atom. The van der Waals surface area contributed by atoms with Crippen LogP contribution in [0.15, 0.2) is 72.9 Å². The molecule has 0 spiro atoms. The zero-order valence-electron chi connectivity index (χ0n) is 56.8. The van der Waals surface area contributed by atoms with Crippen LogP contribution in [0.3, 0.4) is 0 Å². The van der Waals surface area contributed by atoms with Crippen molar-refractivity contribution in [1.29, 1.82) is 0 Å². The van der Waals surface area contributed by atoms with Crippen LogP contribution < -0.4 is 10.2 Å². The van der Waals surface area contributed by atoms with Crippen molar-refractivity contribution in [2.75, 3.05) is 40.9 Å². The molecule has 0 rings (SSSR count). The predicted molar refractivity (Wildman–Crippen MR) is 367 cm³/mol. The highest BCUT2D eigenvalue weighted by Gasteiger charge is 2.27. The standard InChI is InChI=1S/C75H139N2O7P/c1-7-10-13-16-19-22-25-28-30-32-34-36-37-38-39-41-42-44-46-49-52-55-58-61-64-67-74(78)76-72(71-83-85(80,81)82-70-69-77(4,5)6)73(66-63-60-57-54-51-48-27-24-21-18-15-12-9-3)84-75(79)68-65-62-59-56-53-50-47-45-43-40-35-33-31-29-26-23-20-17-14-11-8-2/h11,14,20,23,29,31,35,40,45,47,63,66,72-73H,7-10,12-13,15-19,21-22,24-28,30,32-34,36-39,41-44,46,48-62,64-65,67-71H2,1-6H3,(H-,76,78,80,81)/b14-11-,23-20-,31-29-,40-35-,47-45-,66-63+. The van der Waals surface area contributed by atoms with E-state index in [4.69, 9.17) is 13.8 Å². The van der Waals surface area contributed by atoms with Gasteiger partial charge >= 0.3 is 5.97 Å². The van der Waals surface area contributed by atoms with E-state index in [0.717, 1.165) is 103 Å². The van der Waals surface area contributed by atoms with Crippen LogP contribution in [0.2, 0.25) is 0 Å². The number of likely N-dealkylation sites (N-methyl/N-ethyl adjacent to an activating group) is 1. The number of unbranched alkanes of at least 4 members (excludes halogenated alkanes) is 40. The van der Waals surface area contributed by atoms with Crippen LogP contribution in [0.5, 0.6) is 0 Å². The van der Waals surface area contributed by atoms with Gasteiger partial charge in [0.1, 0.15) is 19.3 Å². The van der Waals surface area contributed by atoms with E-state index >= 15 is 0 Å². The Morgan fingerprint density at radius 2 is 0.753 bits per heavy atom. The van der Waals surface area contributed by atoms with Crippen molar-refractivity contribution in [3.05, 3.63) is 72.9 Å². The van der Waals surface area contributed by atoms with Crippen molar-refractivity contribution in [2.24, 2.45) is 0 Å². The molecule has 0 bridgehead atoms. The number of nitrogens with one attached hydrogen (secondary N) is 1. The summed E-state index contributed by atoms with van der Waals surface area (Å²) >= 11 is 0. The summed E-state index contributed by atoms with van der Waals surface area (Å²) in [4.78, 5) is 40.2. The quantitative estimate of drug-likeness (QED) is 0.0212. The Labute approximate surface area is 527 Å². The maximum atomic E-state index is 13.6. The Morgan fingerprint density at radius 3 is 1.13 bits per heavy atom. The van der Waals surface area contributed by atoms with Gasteiger partial charge < -0.3 is 28.5 Å². The van der Waals surface area contributed by atoms with Crippen molar-refractivity contribution in [2.45, 2.75) is 354 Å². The van der Waals surface area contributed by atoms with E-state index in [0.29, 0.717) is 23.9 Å². The number of esters is 1. The molecular formula is C75H139N2O7P. The molecule has 0 saturated heterocycles. The van der Waals surface area contributed by atoms with Crippen LogP contribution in [0, 0.1) is 0 Å². The van der Waals surface area contributed by atoms with E-state index in [9.17, 15) is 19.0 Å². The molecule has 85 heavy (non-hydrogen) atoms. The number of phosphoric ester groups is 1. The molecule has 1 amide bonds. The van der Waals surface area contributed by atoms with E-state index < -0.39 is 26.6 Å². The summed E-state index contributed by atoms with van der Waals surface area (Å²) in [5.74, 6) is -0.550. The topological polar surface area (TPSA) is 114 Å². The van der Waals surface area contributed by atoms with Crippen LogP contribution in [0.25, 0.3) is 0 Å². The third-order valence-corrected chi connectivity index (χ3v) is 17.1. The molecule has 0 aliphatic heterocycles. The van der Waals surface area contributed by atoms with Gasteiger partial charge in [-0.1, -0.05) is 325 Å². The van der Waals surface area contributed by atoms with E-state index in [-0.39, 0.29) is 24.9 Å². The number of rotatable bonds is 66. The van der Waals surface area contributed by atoms with Crippen LogP contribution in [-0.2, 0) is 27.9 Å². The summed E-state index contributed by atoms with van der Waals surface area (Å²) in [5.41, 5.74) is 0. The monoisotopic (exact) mass is 1210 g/mol. The first-order valence-electron chi connectivity index (χ1n) is 36.2. The van der Waals surface area contributed by atoms with E-state index in [1.165, 1.54) is 199 Å². The fourth-order valence-electron chi connectivity index (χ4n) is 10.6. The summed E-state index contributed by atoms with van der Waals surface area (Å²) in [6.07, 6.45) is 84.6. The average Bonchev–Trinajstić information content (AvgIpc) is 3.48. The van der Waals surface area contributed by atoms with E-state index in [2.05, 4.69) is 86.8 Å². The van der Waals surface area contributed by atoms with Gasteiger partial charge in [0.05, 0.1) is 33.8 Å². The number of allylic oxidation sites excluding steroid dienone is 11. The predicted octanol–water partition coefficient (Wildman–Crippen LogP) is 22.5. The molecule has 0 aromatic carbocycles. The van der Waals surface area contributed by atoms with Crippen LogP contribution >= 0.6 is 7.82 Å². The average molecular weight is 1210 g/mol.